The first kappa shape index (κ1) is 27.7. The van der Waals surface area contributed by atoms with Crippen molar-refractivity contribution in [3.8, 4) is 0 Å². The van der Waals surface area contributed by atoms with Gasteiger partial charge in [0.05, 0.1) is 16.4 Å². The van der Waals surface area contributed by atoms with E-state index in [0.717, 1.165) is 27.6 Å². The lowest BCUT2D eigenvalue weighted by Gasteiger charge is -2.40. The predicted molar refractivity (Wildman–Crippen MR) is 199 cm³/mol. The molecule has 9 rings (SSSR count). The molecule has 224 valence electrons. The molecule has 0 fully saturated rings. The van der Waals surface area contributed by atoms with Crippen molar-refractivity contribution in [1.82, 2.24) is 0 Å². The average molecular weight is 622 g/mol. The molecule has 7 aromatic carbocycles. The maximum Gasteiger partial charge on any atom is 0.144 e. The van der Waals surface area contributed by atoms with E-state index in [2.05, 4.69) is 181 Å². The van der Waals surface area contributed by atoms with Gasteiger partial charge in [0.2, 0.25) is 0 Å². The van der Waals surface area contributed by atoms with Gasteiger partial charge in [0, 0.05) is 37.9 Å². The van der Waals surface area contributed by atoms with E-state index in [-0.39, 0.29) is 12.0 Å². The van der Waals surface area contributed by atoms with Crippen LogP contribution in [0.25, 0.3) is 42.1 Å². The van der Waals surface area contributed by atoms with Crippen LogP contribution < -0.4 is 4.90 Å². The molecule has 47 heavy (non-hydrogen) atoms. The zero-order chi connectivity index (χ0) is 31.2. The summed E-state index contributed by atoms with van der Waals surface area (Å²) >= 11 is 1.85. The lowest BCUT2D eigenvalue weighted by atomic mass is 9.80. The van der Waals surface area contributed by atoms with Gasteiger partial charge >= 0.3 is 0 Å². The number of nitrogens with zero attached hydrogens (tertiary/aromatic N) is 1. The molecule has 2 aromatic heterocycles. The fraction of sp³-hybridized carbons (Fsp3) is 0.0455. The molecule has 9 aromatic rings. The third-order valence-electron chi connectivity index (χ3n) is 9.32. The standard InChI is InChI=1S/C44H31NOS/c1-5-17-30(18-6-1)40(31-19-7-2-8-20-31)42(32-21-9-3-10-22-32)45(33-23-11-4-12-24-33)37-29-36-34-25-13-15-27-38(34)46-43(36)41-35-26-14-16-28-39(35)47-44(37)41/h1-29,40,42H. The minimum Gasteiger partial charge on any atom is -0.455 e. The van der Waals surface area contributed by atoms with Gasteiger partial charge in [-0.3, -0.25) is 0 Å². The van der Waals surface area contributed by atoms with Crippen molar-refractivity contribution in [3.63, 3.8) is 0 Å². The SMILES string of the molecule is c1ccc(C(c2ccccc2)C(c2ccccc2)N(c2ccccc2)c2cc3c4ccccc4oc3c3c2sc2ccccc23)cc1. The molecule has 0 spiro atoms. The molecule has 0 radical (unpaired) electrons. The molecule has 0 saturated heterocycles. The molecule has 0 aliphatic rings. The highest BCUT2D eigenvalue weighted by Gasteiger charge is 2.35. The molecule has 0 saturated carbocycles. The van der Waals surface area contributed by atoms with Gasteiger partial charge in [0.25, 0.3) is 0 Å². The second-order valence-electron chi connectivity index (χ2n) is 12.0. The summed E-state index contributed by atoms with van der Waals surface area (Å²) in [6, 6.07) is 63.4. The normalized spacial score (nSPS) is 12.4. The van der Waals surface area contributed by atoms with E-state index in [1.165, 1.54) is 42.6 Å². The third kappa shape index (κ3) is 4.70. The molecule has 0 N–H and O–H groups in total. The second-order valence-corrected chi connectivity index (χ2v) is 13.1. The summed E-state index contributed by atoms with van der Waals surface area (Å²) in [4.78, 5) is 2.60. The van der Waals surface area contributed by atoms with Crippen LogP contribution in [0.2, 0.25) is 0 Å². The Morgan fingerprint density at radius 2 is 1.02 bits per heavy atom. The Kier molecular flexibility index (Phi) is 6.84. The summed E-state index contributed by atoms with van der Waals surface area (Å²) in [7, 11) is 0. The number of benzene rings is 7. The van der Waals surface area contributed by atoms with Crippen molar-refractivity contribution in [2.75, 3.05) is 4.90 Å². The number of hydrogen-bond donors (Lipinski definition) is 0. The first-order valence-electron chi connectivity index (χ1n) is 16.1. The highest BCUT2D eigenvalue weighted by molar-refractivity contribution is 7.26. The van der Waals surface area contributed by atoms with E-state index < -0.39 is 0 Å². The Morgan fingerprint density at radius 3 is 1.68 bits per heavy atom. The monoisotopic (exact) mass is 621 g/mol. The Morgan fingerprint density at radius 1 is 0.489 bits per heavy atom. The third-order valence-corrected chi connectivity index (χ3v) is 10.5. The molecule has 2 heterocycles. The van der Waals surface area contributed by atoms with Crippen molar-refractivity contribution in [2.24, 2.45) is 0 Å². The van der Waals surface area contributed by atoms with Gasteiger partial charge in [0.1, 0.15) is 11.2 Å². The first-order valence-corrected chi connectivity index (χ1v) is 16.9. The molecule has 0 bridgehead atoms. The molecular weight excluding hydrogens is 591 g/mol. The topological polar surface area (TPSA) is 16.4 Å². The van der Waals surface area contributed by atoms with Crippen LogP contribution in [-0.4, -0.2) is 0 Å². The predicted octanol–water partition coefficient (Wildman–Crippen LogP) is 12.7. The van der Waals surface area contributed by atoms with Crippen molar-refractivity contribution in [2.45, 2.75) is 12.0 Å². The zero-order valence-electron chi connectivity index (χ0n) is 25.7. The summed E-state index contributed by atoms with van der Waals surface area (Å²) in [5, 5.41) is 4.67. The van der Waals surface area contributed by atoms with Crippen molar-refractivity contribution in [3.05, 3.63) is 193 Å². The van der Waals surface area contributed by atoms with Gasteiger partial charge < -0.3 is 9.32 Å². The Hall–Kier alpha value is -5.64. The van der Waals surface area contributed by atoms with Crippen LogP contribution in [0.15, 0.2) is 180 Å². The Balaban J connectivity index is 1.44. The average Bonchev–Trinajstić information content (AvgIpc) is 3.72. The van der Waals surface area contributed by atoms with Crippen LogP contribution in [0.3, 0.4) is 0 Å². The maximum atomic E-state index is 6.69. The van der Waals surface area contributed by atoms with E-state index in [9.17, 15) is 0 Å². The van der Waals surface area contributed by atoms with Gasteiger partial charge in [-0.25, -0.2) is 0 Å². The van der Waals surface area contributed by atoms with E-state index in [0.29, 0.717) is 0 Å². The van der Waals surface area contributed by atoms with Gasteiger partial charge in [0.15, 0.2) is 0 Å². The summed E-state index contributed by atoms with van der Waals surface area (Å²) in [5.74, 6) is 0.0289. The van der Waals surface area contributed by atoms with Gasteiger partial charge in [-0.1, -0.05) is 146 Å². The van der Waals surface area contributed by atoms with E-state index in [1.807, 2.05) is 11.3 Å². The quantitative estimate of drug-likeness (QED) is 0.176. The van der Waals surface area contributed by atoms with Gasteiger partial charge in [-0.05, 0) is 47.0 Å². The number of anilines is 2. The second kappa shape index (κ2) is 11.6. The highest BCUT2D eigenvalue weighted by atomic mass is 32.1. The number of thiophene rings is 1. The smallest absolute Gasteiger partial charge is 0.144 e. The van der Waals surface area contributed by atoms with Crippen LogP contribution in [-0.2, 0) is 0 Å². The molecule has 0 aliphatic heterocycles. The lowest BCUT2D eigenvalue weighted by molar-refractivity contribution is 0.612. The number of furan rings is 1. The Labute approximate surface area is 277 Å². The fourth-order valence-electron chi connectivity index (χ4n) is 7.28. The van der Waals surface area contributed by atoms with Crippen LogP contribution in [0.5, 0.6) is 0 Å². The van der Waals surface area contributed by atoms with Crippen molar-refractivity contribution >= 4 is 64.8 Å². The summed E-state index contributed by atoms with van der Waals surface area (Å²) in [5.41, 5.74) is 7.98. The minimum atomic E-state index is -0.0765. The summed E-state index contributed by atoms with van der Waals surface area (Å²) in [6.07, 6.45) is 0. The van der Waals surface area contributed by atoms with E-state index in [4.69, 9.17) is 4.42 Å². The summed E-state index contributed by atoms with van der Waals surface area (Å²) in [6.45, 7) is 0. The molecule has 0 aliphatic carbocycles. The summed E-state index contributed by atoms with van der Waals surface area (Å²) < 4.78 is 9.17. The lowest BCUT2D eigenvalue weighted by Crippen LogP contribution is -2.30. The van der Waals surface area contributed by atoms with Gasteiger partial charge in [-0.2, -0.15) is 0 Å². The molecule has 1 unspecified atom stereocenters. The number of fused-ring (bicyclic) bond motifs is 7. The Bertz CT molecular complexity index is 2430. The largest absolute Gasteiger partial charge is 0.455 e. The minimum absolute atomic E-state index is 0.0289. The van der Waals surface area contributed by atoms with Crippen LogP contribution in [0.4, 0.5) is 11.4 Å². The molecule has 0 amide bonds. The van der Waals surface area contributed by atoms with Crippen LogP contribution >= 0.6 is 11.3 Å². The molecular formula is C44H31NOS. The van der Waals surface area contributed by atoms with Crippen molar-refractivity contribution < 1.29 is 4.42 Å². The number of para-hydroxylation sites is 2. The van der Waals surface area contributed by atoms with E-state index in [1.54, 1.807) is 0 Å². The molecule has 3 heteroatoms. The van der Waals surface area contributed by atoms with E-state index >= 15 is 0 Å². The maximum absolute atomic E-state index is 6.69. The van der Waals surface area contributed by atoms with Crippen LogP contribution in [0.1, 0.15) is 28.7 Å². The molecule has 2 nitrogen and oxygen atoms in total. The van der Waals surface area contributed by atoms with Crippen molar-refractivity contribution in [1.29, 1.82) is 0 Å². The van der Waals surface area contributed by atoms with Crippen LogP contribution in [0, 0.1) is 0 Å². The molecule has 1 atom stereocenters. The fourth-order valence-corrected chi connectivity index (χ4v) is 8.50. The highest BCUT2D eigenvalue weighted by Crippen LogP contribution is 2.52. The first-order chi connectivity index (χ1) is 23.3. The number of hydrogen-bond acceptors (Lipinski definition) is 3. The zero-order valence-corrected chi connectivity index (χ0v) is 26.5. The van der Waals surface area contributed by atoms with Gasteiger partial charge in [-0.15, -0.1) is 11.3 Å². The number of rotatable bonds is 7.